The second-order valence-electron chi connectivity index (χ2n) is 8.38. The summed E-state index contributed by atoms with van der Waals surface area (Å²) in [5.41, 5.74) is 0.790. The molecule has 1 aromatic heterocycles. The maximum atomic E-state index is 13.9. The maximum absolute atomic E-state index is 13.9. The minimum Gasteiger partial charge on any atom is -0.377 e. The summed E-state index contributed by atoms with van der Waals surface area (Å²) in [6, 6.07) is 7.09. The van der Waals surface area contributed by atoms with Crippen molar-refractivity contribution in [1.82, 2.24) is 19.9 Å². The lowest BCUT2D eigenvalue weighted by Gasteiger charge is -2.35. The zero-order chi connectivity index (χ0) is 20.1. The highest BCUT2D eigenvalue weighted by Crippen LogP contribution is 2.23. The number of halogens is 1. The summed E-state index contributed by atoms with van der Waals surface area (Å²) in [5, 5.41) is 3.92. The van der Waals surface area contributed by atoms with Crippen LogP contribution in [0.15, 0.2) is 28.8 Å². The molecule has 2 fully saturated rings. The van der Waals surface area contributed by atoms with Gasteiger partial charge in [-0.1, -0.05) is 23.4 Å². The number of hydrogen-bond donors (Lipinski definition) is 0. The summed E-state index contributed by atoms with van der Waals surface area (Å²) >= 11 is 0. The molecular formula is C22H31FN4O2. The van der Waals surface area contributed by atoms with Gasteiger partial charge in [0.05, 0.1) is 12.6 Å². The van der Waals surface area contributed by atoms with Crippen LogP contribution in [0, 0.1) is 18.7 Å². The van der Waals surface area contributed by atoms with Crippen LogP contribution in [0.25, 0.3) is 0 Å². The summed E-state index contributed by atoms with van der Waals surface area (Å²) in [7, 11) is 0. The number of ether oxygens (including phenoxy) is 1. The van der Waals surface area contributed by atoms with Crippen molar-refractivity contribution in [2.24, 2.45) is 5.92 Å². The molecule has 1 aromatic carbocycles. The number of aryl methyl sites for hydroxylation is 1. The van der Waals surface area contributed by atoms with Crippen LogP contribution in [0.4, 0.5) is 4.39 Å². The molecule has 6 nitrogen and oxygen atoms in total. The fraction of sp³-hybridized carbons (Fsp3) is 0.636. The van der Waals surface area contributed by atoms with Crippen LogP contribution in [-0.4, -0.2) is 58.8 Å². The second-order valence-corrected chi connectivity index (χ2v) is 8.38. The van der Waals surface area contributed by atoms with Gasteiger partial charge in [-0.3, -0.25) is 9.80 Å². The van der Waals surface area contributed by atoms with E-state index in [-0.39, 0.29) is 5.82 Å². The summed E-state index contributed by atoms with van der Waals surface area (Å²) < 4.78 is 25.1. The predicted octanol–water partition coefficient (Wildman–Crippen LogP) is 3.41. The minimum atomic E-state index is -0.104. The molecular weight excluding hydrogens is 371 g/mol. The van der Waals surface area contributed by atoms with E-state index >= 15 is 0 Å². The first-order chi connectivity index (χ1) is 14.2. The van der Waals surface area contributed by atoms with Gasteiger partial charge in [-0.15, -0.1) is 0 Å². The van der Waals surface area contributed by atoms with Crippen molar-refractivity contribution in [2.75, 3.05) is 32.8 Å². The molecule has 0 saturated carbocycles. The first kappa shape index (κ1) is 20.4. The molecule has 0 N–H and O–H groups in total. The minimum absolute atomic E-state index is 0.104. The molecule has 158 valence electrons. The third-order valence-electron chi connectivity index (χ3n) is 5.99. The Morgan fingerprint density at radius 2 is 2.00 bits per heavy atom. The van der Waals surface area contributed by atoms with Gasteiger partial charge in [0, 0.05) is 31.8 Å². The number of aromatic nitrogens is 2. The Labute approximate surface area is 172 Å². The molecule has 0 amide bonds. The van der Waals surface area contributed by atoms with Gasteiger partial charge in [0.2, 0.25) is 5.89 Å². The van der Waals surface area contributed by atoms with Crippen molar-refractivity contribution in [3.05, 3.63) is 47.4 Å². The summed E-state index contributed by atoms with van der Waals surface area (Å²) in [6.07, 6.45) is 4.83. The molecule has 2 aliphatic heterocycles. The number of nitrogens with zero attached hydrogens (tertiary/aromatic N) is 4. The van der Waals surface area contributed by atoms with E-state index in [1.807, 2.05) is 19.1 Å². The SMILES string of the molecule is Cc1noc(CN(CC2CCN(Cc3ccccc3F)CC2)CC2CCCO2)n1. The smallest absolute Gasteiger partial charge is 0.240 e. The Morgan fingerprint density at radius 1 is 1.17 bits per heavy atom. The Balaban J connectivity index is 1.30. The lowest BCUT2D eigenvalue weighted by atomic mass is 9.95. The topological polar surface area (TPSA) is 54.6 Å². The Hall–Kier alpha value is -1.83. The molecule has 4 rings (SSSR count). The van der Waals surface area contributed by atoms with Crippen molar-refractivity contribution in [1.29, 1.82) is 0 Å². The Morgan fingerprint density at radius 3 is 2.69 bits per heavy atom. The van der Waals surface area contributed by atoms with Gasteiger partial charge in [0.15, 0.2) is 5.82 Å². The van der Waals surface area contributed by atoms with Crippen LogP contribution in [-0.2, 0) is 17.8 Å². The van der Waals surface area contributed by atoms with Crippen molar-refractivity contribution in [3.8, 4) is 0 Å². The van der Waals surface area contributed by atoms with Crippen LogP contribution in [0.3, 0.4) is 0 Å². The van der Waals surface area contributed by atoms with Crippen LogP contribution >= 0.6 is 0 Å². The van der Waals surface area contributed by atoms with Crippen molar-refractivity contribution < 1.29 is 13.7 Å². The van der Waals surface area contributed by atoms with Gasteiger partial charge in [0.25, 0.3) is 0 Å². The van der Waals surface area contributed by atoms with E-state index in [1.54, 1.807) is 12.1 Å². The molecule has 29 heavy (non-hydrogen) atoms. The van der Waals surface area contributed by atoms with Crippen molar-refractivity contribution in [3.63, 3.8) is 0 Å². The number of rotatable bonds is 8. The second kappa shape index (κ2) is 9.78. The summed E-state index contributed by atoms with van der Waals surface area (Å²) in [4.78, 5) is 9.16. The van der Waals surface area contributed by atoms with Crippen LogP contribution in [0.1, 0.15) is 43.0 Å². The fourth-order valence-corrected chi connectivity index (χ4v) is 4.44. The van der Waals surface area contributed by atoms with Gasteiger partial charge in [-0.25, -0.2) is 4.39 Å². The first-order valence-corrected chi connectivity index (χ1v) is 10.7. The van der Waals surface area contributed by atoms with Crippen molar-refractivity contribution >= 4 is 0 Å². The number of benzene rings is 1. The van der Waals surface area contributed by atoms with Crippen LogP contribution < -0.4 is 0 Å². The van der Waals surface area contributed by atoms with E-state index in [1.165, 1.54) is 0 Å². The fourth-order valence-electron chi connectivity index (χ4n) is 4.44. The van der Waals surface area contributed by atoms with Gasteiger partial charge < -0.3 is 9.26 Å². The molecule has 0 radical (unpaired) electrons. The van der Waals surface area contributed by atoms with E-state index in [2.05, 4.69) is 19.9 Å². The molecule has 3 heterocycles. The van der Waals surface area contributed by atoms with E-state index in [9.17, 15) is 4.39 Å². The van der Waals surface area contributed by atoms with Crippen LogP contribution in [0.5, 0.6) is 0 Å². The van der Waals surface area contributed by atoms with E-state index in [0.29, 0.717) is 36.8 Å². The number of hydrogen-bond acceptors (Lipinski definition) is 6. The Kier molecular flexibility index (Phi) is 6.90. The summed E-state index contributed by atoms with van der Waals surface area (Å²) in [5.74, 6) is 1.88. The number of piperidine rings is 1. The molecule has 7 heteroatoms. The maximum Gasteiger partial charge on any atom is 0.240 e. The van der Waals surface area contributed by atoms with Crippen LogP contribution in [0.2, 0.25) is 0 Å². The average molecular weight is 403 g/mol. The lowest BCUT2D eigenvalue weighted by Crippen LogP contribution is -2.40. The van der Waals surface area contributed by atoms with Gasteiger partial charge in [-0.05, 0) is 57.7 Å². The van der Waals surface area contributed by atoms with Crippen molar-refractivity contribution in [2.45, 2.75) is 51.8 Å². The number of likely N-dealkylation sites (tertiary alicyclic amines) is 1. The third kappa shape index (κ3) is 5.84. The molecule has 1 unspecified atom stereocenters. The first-order valence-electron chi connectivity index (χ1n) is 10.7. The predicted molar refractivity (Wildman–Crippen MR) is 108 cm³/mol. The molecule has 0 aliphatic carbocycles. The van der Waals surface area contributed by atoms with E-state index in [4.69, 9.17) is 9.26 Å². The third-order valence-corrected chi connectivity index (χ3v) is 5.99. The van der Waals surface area contributed by atoms with E-state index < -0.39 is 0 Å². The molecule has 2 aromatic rings. The van der Waals surface area contributed by atoms with Gasteiger partial charge in [-0.2, -0.15) is 4.98 Å². The zero-order valence-corrected chi connectivity index (χ0v) is 17.2. The van der Waals surface area contributed by atoms with Gasteiger partial charge in [0.1, 0.15) is 5.82 Å². The molecule has 0 bridgehead atoms. The summed E-state index contributed by atoms with van der Waals surface area (Å²) in [6.45, 7) is 8.02. The molecule has 1 atom stereocenters. The molecule has 2 saturated heterocycles. The monoisotopic (exact) mass is 402 g/mol. The molecule has 2 aliphatic rings. The highest BCUT2D eigenvalue weighted by molar-refractivity contribution is 5.17. The zero-order valence-electron chi connectivity index (χ0n) is 17.2. The average Bonchev–Trinajstić information content (AvgIpc) is 3.37. The quantitative estimate of drug-likeness (QED) is 0.675. The standard InChI is InChI=1S/C22H31FN4O2/c1-17-24-22(29-25-17)16-27(15-20-6-4-12-28-20)13-18-8-10-26(11-9-18)14-19-5-2-3-7-21(19)23/h2-3,5,7,18,20H,4,6,8-16H2,1H3. The van der Waals surface area contributed by atoms with Gasteiger partial charge >= 0.3 is 0 Å². The van der Waals surface area contributed by atoms with E-state index in [0.717, 1.165) is 64.0 Å². The normalized spacial score (nSPS) is 21.3. The highest BCUT2D eigenvalue weighted by Gasteiger charge is 2.26. The lowest BCUT2D eigenvalue weighted by molar-refractivity contribution is 0.0528. The Bertz CT molecular complexity index is 770. The largest absolute Gasteiger partial charge is 0.377 e. The highest BCUT2D eigenvalue weighted by atomic mass is 19.1. The molecule has 0 spiro atoms.